The fourth-order valence-electron chi connectivity index (χ4n) is 2.09. The number of nitrogens with zero attached hydrogens (tertiary/aromatic N) is 1. The first kappa shape index (κ1) is 16.4. The minimum absolute atomic E-state index is 0. The van der Waals surface area contributed by atoms with Crippen LogP contribution in [0, 0.1) is 12.7 Å². The van der Waals surface area contributed by atoms with Crippen molar-refractivity contribution in [2.75, 3.05) is 19.6 Å². The Labute approximate surface area is 119 Å². The second-order valence-electron chi connectivity index (χ2n) is 4.58. The van der Waals surface area contributed by atoms with Gasteiger partial charge in [-0.3, -0.25) is 0 Å². The Hall–Kier alpha value is -0.690. The number of aryl methyl sites for hydroxylation is 1. The zero-order valence-corrected chi connectivity index (χ0v) is 12.5. The molecule has 1 atom stereocenters. The quantitative estimate of drug-likeness (QED) is 0.901. The summed E-state index contributed by atoms with van der Waals surface area (Å²) >= 11 is 0. The van der Waals surface area contributed by atoms with Gasteiger partial charge in [-0.25, -0.2) is 12.8 Å². The molecule has 108 valence electrons. The van der Waals surface area contributed by atoms with Gasteiger partial charge in [0.2, 0.25) is 10.0 Å². The molecular weight excluding hydrogens is 291 g/mol. The fourth-order valence-corrected chi connectivity index (χ4v) is 3.81. The molecule has 7 heteroatoms. The van der Waals surface area contributed by atoms with Crippen molar-refractivity contribution in [1.29, 1.82) is 0 Å². The third-order valence-electron chi connectivity index (χ3n) is 3.18. The number of benzene rings is 1. The van der Waals surface area contributed by atoms with Crippen LogP contribution >= 0.6 is 12.4 Å². The molecule has 1 aromatic rings. The molecule has 0 aliphatic carbocycles. The van der Waals surface area contributed by atoms with Gasteiger partial charge in [0.05, 0.1) is 4.90 Å². The molecule has 4 nitrogen and oxygen atoms in total. The van der Waals surface area contributed by atoms with Crippen molar-refractivity contribution in [2.24, 2.45) is 0 Å². The summed E-state index contributed by atoms with van der Waals surface area (Å²) in [5.41, 5.74) is 0.346. The molecule has 0 spiro atoms. The molecule has 0 aromatic heterocycles. The molecule has 1 saturated heterocycles. The van der Waals surface area contributed by atoms with Crippen molar-refractivity contribution >= 4 is 22.4 Å². The van der Waals surface area contributed by atoms with E-state index in [4.69, 9.17) is 0 Å². The summed E-state index contributed by atoms with van der Waals surface area (Å²) in [6.45, 7) is 5.15. The molecule has 0 saturated carbocycles. The van der Waals surface area contributed by atoms with E-state index in [1.54, 1.807) is 6.92 Å². The van der Waals surface area contributed by atoms with Crippen LogP contribution < -0.4 is 5.32 Å². The number of nitrogens with one attached hydrogen (secondary N) is 1. The first-order valence-electron chi connectivity index (χ1n) is 5.91. The van der Waals surface area contributed by atoms with Crippen molar-refractivity contribution in [3.8, 4) is 0 Å². The molecular formula is C12H18ClFN2O2S. The van der Waals surface area contributed by atoms with E-state index >= 15 is 0 Å². The first-order valence-corrected chi connectivity index (χ1v) is 7.35. The molecule has 1 aliphatic rings. The minimum Gasteiger partial charge on any atom is -0.314 e. The predicted octanol–water partition coefficient (Wildman–Crippen LogP) is 1.54. The summed E-state index contributed by atoms with van der Waals surface area (Å²) in [7, 11) is -3.52. The summed E-state index contributed by atoms with van der Waals surface area (Å²) in [6.07, 6.45) is 0. The molecule has 1 fully saturated rings. The average Bonchev–Trinajstić information content (AvgIpc) is 2.33. The first-order chi connectivity index (χ1) is 8.43. The molecule has 1 N–H and O–H groups in total. The molecule has 0 amide bonds. The van der Waals surface area contributed by atoms with Crippen molar-refractivity contribution in [3.63, 3.8) is 0 Å². The van der Waals surface area contributed by atoms with Gasteiger partial charge in [-0.05, 0) is 37.6 Å². The molecule has 0 radical (unpaired) electrons. The van der Waals surface area contributed by atoms with E-state index in [9.17, 15) is 12.8 Å². The van der Waals surface area contributed by atoms with Crippen LogP contribution in [0.1, 0.15) is 12.5 Å². The van der Waals surface area contributed by atoms with Crippen molar-refractivity contribution in [1.82, 2.24) is 9.62 Å². The monoisotopic (exact) mass is 308 g/mol. The van der Waals surface area contributed by atoms with Gasteiger partial charge in [-0.2, -0.15) is 4.31 Å². The highest BCUT2D eigenvalue weighted by Crippen LogP contribution is 2.21. The zero-order chi connectivity index (χ0) is 13.3. The lowest BCUT2D eigenvalue weighted by atomic mass is 10.2. The summed E-state index contributed by atoms with van der Waals surface area (Å²) in [5.74, 6) is -0.387. The van der Waals surface area contributed by atoms with Crippen LogP contribution in [-0.4, -0.2) is 38.4 Å². The Morgan fingerprint density at radius 2 is 2.11 bits per heavy atom. The van der Waals surface area contributed by atoms with Crippen LogP contribution in [-0.2, 0) is 10.0 Å². The lowest BCUT2D eigenvalue weighted by molar-refractivity contribution is 0.284. The van der Waals surface area contributed by atoms with E-state index < -0.39 is 10.0 Å². The fraction of sp³-hybridized carbons (Fsp3) is 0.500. The standard InChI is InChI=1S/C12H17FN2O2S.ClH/c1-9-7-11(3-4-12(9)13)18(16,17)15-6-5-14-8-10(15)2;/h3-4,7,10,14H,5-6,8H2,1-2H3;1H/t10-;/m0./s1. The summed E-state index contributed by atoms with van der Waals surface area (Å²) < 4.78 is 39.5. The smallest absolute Gasteiger partial charge is 0.243 e. The third-order valence-corrected chi connectivity index (χ3v) is 5.19. The number of halogens is 2. The van der Waals surface area contributed by atoms with Crippen LogP contribution in [0.2, 0.25) is 0 Å². The molecule has 1 aromatic carbocycles. The van der Waals surface area contributed by atoms with Crippen LogP contribution in [0.4, 0.5) is 4.39 Å². The normalized spacial score (nSPS) is 20.9. The van der Waals surface area contributed by atoms with E-state index in [2.05, 4.69) is 5.32 Å². The van der Waals surface area contributed by atoms with Crippen LogP contribution in [0.3, 0.4) is 0 Å². The maximum Gasteiger partial charge on any atom is 0.243 e. The molecule has 2 rings (SSSR count). The van der Waals surface area contributed by atoms with Gasteiger partial charge < -0.3 is 5.32 Å². The summed E-state index contributed by atoms with van der Waals surface area (Å²) in [4.78, 5) is 0.162. The molecule has 19 heavy (non-hydrogen) atoms. The van der Waals surface area contributed by atoms with E-state index in [1.807, 2.05) is 6.92 Å². The minimum atomic E-state index is -3.52. The van der Waals surface area contributed by atoms with Crippen LogP contribution in [0.5, 0.6) is 0 Å². The number of hydrogen-bond acceptors (Lipinski definition) is 3. The van der Waals surface area contributed by atoms with Gasteiger partial charge in [-0.15, -0.1) is 12.4 Å². The van der Waals surface area contributed by atoms with E-state index in [0.717, 1.165) is 0 Å². The van der Waals surface area contributed by atoms with Crippen molar-refractivity contribution in [3.05, 3.63) is 29.6 Å². The zero-order valence-electron chi connectivity index (χ0n) is 10.9. The van der Waals surface area contributed by atoms with Crippen LogP contribution in [0.15, 0.2) is 23.1 Å². The van der Waals surface area contributed by atoms with Gasteiger partial charge in [0.25, 0.3) is 0 Å². The second-order valence-corrected chi connectivity index (χ2v) is 6.47. The maximum absolute atomic E-state index is 13.2. The molecule has 0 bridgehead atoms. The van der Waals surface area contributed by atoms with Gasteiger partial charge in [-0.1, -0.05) is 0 Å². The molecule has 1 aliphatic heterocycles. The predicted molar refractivity (Wildman–Crippen MR) is 74.6 cm³/mol. The highest BCUT2D eigenvalue weighted by molar-refractivity contribution is 7.89. The lowest BCUT2D eigenvalue weighted by Crippen LogP contribution is -2.52. The Balaban J connectivity index is 0.00000180. The van der Waals surface area contributed by atoms with Gasteiger partial charge in [0.1, 0.15) is 5.82 Å². The Kier molecular flexibility index (Phi) is 5.32. The largest absolute Gasteiger partial charge is 0.314 e. The van der Waals surface area contributed by atoms with Gasteiger partial charge in [0.15, 0.2) is 0 Å². The van der Waals surface area contributed by atoms with E-state index in [1.165, 1.54) is 22.5 Å². The Bertz CT molecular complexity index is 551. The summed E-state index contributed by atoms with van der Waals surface area (Å²) in [5, 5.41) is 3.14. The molecule has 0 unspecified atom stereocenters. The summed E-state index contributed by atoms with van der Waals surface area (Å²) in [6, 6.07) is 3.83. The number of hydrogen-bond donors (Lipinski definition) is 1. The Morgan fingerprint density at radius 1 is 1.42 bits per heavy atom. The van der Waals surface area contributed by atoms with Gasteiger partial charge in [0, 0.05) is 25.7 Å². The molecule has 1 heterocycles. The highest BCUT2D eigenvalue weighted by atomic mass is 35.5. The van der Waals surface area contributed by atoms with E-state index in [0.29, 0.717) is 25.2 Å². The lowest BCUT2D eigenvalue weighted by Gasteiger charge is -2.32. The van der Waals surface area contributed by atoms with E-state index in [-0.39, 0.29) is 29.2 Å². The highest BCUT2D eigenvalue weighted by Gasteiger charge is 2.30. The van der Waals surface area contributed by atoms with Crippen molar-refractivity contribution in [2.45, 2.75) is 24.8 Å². The van der Waals surface area contributed by atoms with Gasteiger partial charge >= 0.3 is 0 Å². The topological polar surface area (TPSA) is 49.4 Å². The average molecular weight is 309 g/mol. The Morgan fingerprint density at radius 3 is 2.68 bits per heavy atom. The third kappa shape index (κ3) is 3.25. The van der Waals surface area contributed by atoms with Crippen LogP contribution in [0.25, 0.3) is 0 Å². The maximum atomic E-state index is 13.2. The number of sulfonamides is 1. The SMILES string of the molecule is Cc1cc(S(=O)(=O)N2CCNC[C@@H]2C)ccc1F.Cl. The number of rotatable bonds is 2. The van der Waals surface area contributed by atoms with Crippen molar-refractivity contribution < 1.29 is 12.8 Å². The number of piperazine rings is 1. The second kappa shape index (κ2) is 6.17.